The molecular formula is C35H42N3+. The third kappa shape index (κ3) is 4.53. The fourth-order valence-corrected chi connectivity index (χ4v) is 6.36. The van der Waals surface area contributed by atoms with Gasteiger partial charge in [-0.1, -0.05) is 106 Å². The average Bonchev–Trinajstić information content (AvgIpc) is 3.28. The SMILES string of the molecule is C=C1[n+]2c(C)nn(-c3cccc(-c4ccc(CCCC(C)C)cc4)c3)c2-c2ccccc2C1(CC)CCC. The van der Waals surface area contributed by atoms with Crippen molar-refractivity contribution in [2.45, 2.75) is 78.6 Å². The van der Waals surface area contributed by atoms with Crippen LogP contribution in [0.15, 0.2) is 79.4 Å². The minimum absolute atomic E-state index is 0.0691. The molecule has 3 aromatic carbocycles. The molecule has 0 N–H and O–H groups in total. The lowest BCUT2D eigenvalue weighted by Gasteiger charge is -2.38. The zero-order chi connectivity index (χ0) is 26.9. The number of benzene rings is 3. The molecule has 1 aliphatic heterocycles. The summed E-state index contributed by atoms with van der Waals surface area (Å²) in [5, 5.41) is 5.09. The van der Waals surface area contributed by atoms with E-state index in [0.717, 1.165) is 54.6 Å². The van der Waals surface area contributed by atoms with E-state index in [9.17, 15) is 0 Å². The Kier molecular flexibility index (Phi) is 7.38. The summed E-state index contributed by atoms with van der Waals surface area (Å²) in [6.07, 6.45) is 6.90. The van der Waals surface area contributed by atoms with Crippen molar-refractivity contribution in [3.8, 4) is 28.2 Å². The van der Waals surface area contributed by atoms with Gasteiger partial charge in [0.1, 0.15) is 5.69 Å². The summed E-state index contributed by atoms with van der Waals surface area (Å²) in [7, 11) is 0. The summed E-state index contributed by atoms with van der Waals surface area (Å²) < 4.78 is 4.43. The van der Waals surface area contributed by atoms with Crippen molar-refractivity contribution in [2.24, 2.45) is 5.92 Å². The fraction of sp³-hybridized carbons (Fsp3) is 0.371. The van der Waals surface area contributed by atoms with Gasteiger partial charge in [-0.15, -0.1) is 0 Å². The number of hydrogen-bond donors (Lipinski definition) is 0. The van der Waals surface area contributed by atoms with Crippen molar-refractivity contribution in [1.82, 2.24) is 9.78 Å². The van der Waals surface area contributed by atoms with E-state index in [-0.39, 0.29) is 5.41 Å². The molecule has 5 rings (SSSR count). The van der Waals surface area contributed by atoms with E-state index in [1.165, 1.54) is 40.7 Å². The Labute approximate surface area is 228 Å². The Hall–Kier alpha value is -3.46. The van der Waals surface area contributed by atoms with E-state index < -0.39 is 0 Å². The monoisotopic (exact) mass is 504 g/mol. The highest BCUT2D eigenvalue weighted by Crippen LogP contribution is 2.47. The molecule has 1 aliphatic rings. The van der Waals surface area contributed by atoms with Crippen molar-refractivity contribution in [3.63, 3.8) is 0 Å². The van der Waals surface area contributed by atoms with Crippen LogP contribution in [0.5, 0.6) is 0 Å². The first-order valence-electron chi connectivity index (χ1n) is 14.4. The van der Waals surface area contributed by atoms with E-state index in [2.05, 4.69) is 123 Å². The molecule has 0 amide bonds. The van der Waals surface area contributed by atoms with E-state index in [4.69, 9.17) is 5.10 Å². The highest BCUT2D eigenvalue weighted by atomic mass is 15.4. The first kappa shape index (κ1) is 26.2. The second-order valence-corrected chi connectivity index (χ2v) is 11.3. The van der Waals surface area contributed by atoms with Gasteiger partial charge in [0, 0.05) is 12.0 Å². The van der Waals surface area contributed by atoms with Crippen LogP contribution in [-0.2, 0) is 11.8 Å². The molecular weight excluding hydrogens is 462 g/mol. The Morgan fingerprint density at radius 1 is 0.947 bits per heavy atom. The summed E-state index contributed by atoms with van der Waals surface area (Å²) in [5.41, 5.74) is 8.64. The molecule has 3 heteroatoms. The zero-order valence-electron chi connectivity index (χ0n) is 23.8. The maximum atomic E-state index is 5.09. The predicted molar refractivity (Wildman–Crippen MR) is 159 cm³/mol. The van der Waals surface area contributed by atoms with Gasteiger partial charge in [-0.3, -0.25) is 0 Å². The summed E-state index contributed by atoms with van der Waals surface area (Å²) in [6.45, 7) is 15.9. The Morgan fingerprint density at radius 3 is 2.42 bits per heavy atom. The van der Waals surface area contributed by atoms with E-state index in [1.807, 2.05) is 0 Å². The Bertz CT molecular complexity index is 1440. The largest absolute Gasteiger partial charge is 0.280 e. The van der Waals surface area contributed by atoms with Gasteiger partial charge in [0.05, 0.1) is 16.7 Å². The second kappa shape index (κ2) is 10.7. The summed E-state index contributed by atoms with van der Waals surface area (Å²) in [6, 6.07) is 26.7. The Morgan fingerprint density at radius 2 is 1.71 bits per heavy atom. The number of rotatable bonds is 9. The summed E-state index contributed by atoms with van der Waals surface area (Å²) >= 11 is 0. The molecule has 0 radical (unpaired) electrons. The van der Waals surface area contributed by atoms with Gasteiger partial charge in [-0.05, 0) is 72.1 Å². The van der Waals surface area contributed by atoms with Gasteiger partial charge < -0.3 is 0 Å². The van der Waals surface area contributed by atoms with Crippen molar-refractivity contribution in [1.29, 1.82) is 0 Å². The maximum absolute atomic E-state index is 5.09. The van der Waals surface area contributed by atoms with Crippen LogP contribution in [0.25, 0.3) is 33.9 Å². The molecule has 196 valence electrons. The van der Waals surface area contributed by atoms with E-state index in [0.29, 0.717) is 0 Å². The number of aryl methyl sites for hydroxylation is 2. The highest BCUT2D eigenvalue weighted by Gasteiger charge is 2.46. The van der Waals surface area contributed by atoms with Crippen LogP contribution >= 0.6 is 0 Å². The van der Waals surface area contributed by atoms with Crippen LogP contribution < -0.4 is 4.57 Å². The summed E-state index contributed by atoms with van der Waals surface area (Å²) in [4.78, 5) is 0. The quantitative estimate of drug-likeness (QED) is 0.209. The van der Waals surface area contributed by atoms with Gasteiger partial charge in [0.25, 0.3) is 11.6 Å². The number of nitrogens with zero attached hydrogens (tertiary/aromatic N) is 3. The van der Waals surface area contributed by atoms with Crippen molar-refractivity contribution >= 4 is 5.70 Å². The Balaban J connectivity index is 1.55. The molecule has 0 saturated heterocycles. The maximum Gasteiger partial charge on any atom is 0.280 e. The number of aromatic nitrogens is 3. The van der Waals surface area contributed by atoms with Crippen molar-refractivity contribution in [2.75, 3.05) is 0 Å². The van der Waals surface area contributed by atoms with Crippen LogP contribution in [0.3, 0.4) is 0 Å². The van der Waals surface area contributed by atoms with Gasteiger partial charge >= 0.3 is 0 Å². The van der Waals surface area contributed by atoms with Gasteiger partial charge in [0.15, 0.2) is 0 Å². The smallest absolute Gasteiger partial charge is 0.197 e. The highest BCUT2D eigenvalue weighted by molar-refractivity contribution is 5.73. The molecule has 2 heterocycles. The van der Waals surface area contributed by atoms with Crippen molar-refractivity contribution < 1.29 is 4.57 Å². The van der Waals surface area contributed by atoms with Crippen LogP contribution in [-0.4, -0.2) is 9.78 Å². The molecule has 0 saturated carbocycles. The van der Waals surface area contributed by atoms with Gasteiger partial charge in [-0.25, -0.2) is 0 Å². The standard InChI is InChI=1S/C35H42N3/c1-7-23-35(8-2)26(5)37-27(6)36-38(34(37)32-17-9-10-18-33(32)35)31-16-12-15-30(24-31)29-21-19-28(20-22-29)14-11-13-25(3)4/h9-10,12,15-22,24-25H,5,7-8,11,13-14,23H2,1-4,6H3/q+1. The van der Waals surface area contributed by atoms with E-state index in [1.54, 1.807) is 0 Å². The molecule has 1 atom stereocenters. The van der Waals surface area contributed by atoms with Gasteiger partial charge in [0.2, 0.25) is 0 Å². The number of allylic oxidation sites excluding steroid dienone is 1. The van der Waals surface area contributed by atoms with E-state index >= 15 is 0 Å². The number of fused-ring (bicyclic) bond motifs is 3. The molecule has 0 spiro atoms. The summed E-state index contributed by atoms with van der Waals surface area (Å²) in [5.74, 6) is 2.84. The van der Waals surface area contributed by atoms with Crippen LogP contribution in [0.2, 0.25) is 0 Å². The van der Waals surface area contributed by atoms with Crippen LogP contribution in [0.4, 0.5) is 0 Å². The molecule has 3 nitrogen and oxygen atoms in total. The zero-order valence-corrected chi connectivity index (χ0v) is 23.8. The average molecular weight is 505 g/mol. The third-order valence-electron chi connectivity index (χ3n) is 8.39. The van der Waals surface area contributed by atoms with Crippen LogP contribution in [0.1, 0.15) is 76.8 Å². The minimum atomic E-state index is -0.0691. The van der Waals surface area contributed by atoms with Crippen molar-refractivity contribution in [3.05, 3.63) is 96.3 Å². The fourth-order valence-electron chi connectivity index (χ4n) is 6.36. The molecule has 0 aliphatic carbocycles. The van der Waals surface area contributed by atoms with Gasteiger partial charge in [-0.2, -0.15) is 4.57 Å². The molecule has 4 aromatic rings. The first-order chi connectivity index (χ1) is 18.4. The minimum Gasteiger partial charge on any atom is -0.197 e. The first-order valence-corrected chi connectivity index (χ1v) is 14.4. The predicted octanol–water partition coefficient (Wildman–Crippen LogP) is 8.71. The lowest BCUT2D eigenvalue weighted by molar-refractivity contribution is -0.585. The molecule has 0 bridgehead atoms. The second-order valence-electron chi connectivity index (χ2n) is 11.3. The normalized spacial score (nSPS) is 16.5. The molecule has 1 unspecified atom stereocenters. The molecule has 0 fully saturated rings. The number of hydrogen-bond acceptors (Lipinski definition) is 1. The molecule has 1 aromatic heterocycles. The topological polar surface area (TPSA) is 21.7 Å². The van der Waals surface area contributed by atoms with Crippen LogP contribution in [0, 0.1) is 12.8 Å². The third-order valence-corrected chi connectivity index (χ3v) is 8.39. The lowest BCUT2D eigenvalue weighted by atomic mass is 9.68. The lowest BCUT2D eigenvalue weighted by Crippen LogP contribution is -2.50. The molecule has 38 heavy (non-hydrogen) atoms.